The predicted octanol–water partition coefficient (Wildman–Crippen LogP) is 4.46. The van der Waals surface area contributed by atoms with Crippen molar-refractivity contribution < 1.29 is 62.9 Å². The van der Waals surface area contributed by atoms with Crippen LogP contribution in [-0.2, 0) is 25.9 Å². The van der Waals surface area contributed by atoms with Crippen molar-refractivity contribution in [3.05, 3.63) is 112 Å². The number of azo groups is 1. The van der Waals surface area contributed by atoms with Gasteiger partial charge in [-0.05, 0) is 54.8 Å². The van der Waals surface area contributed by atoms with E-state index in [4.69, 9.17) is 19.9 Å². The van der Waals surface area contributed by atoms with Crippen LogP contribution in [0.1, 0.15) is 68.8 Å². The van der Waals surface area contributed by atoms with E-state index in [1.165, 1.54) is 55.6 Å². The molecule has 330 valence electrons. The fourth-order valence-electron chi connectivity index (χ4n) is 8.21. The van der Waals surface area contributed by atoms with E-state index in [-0.39, 0.29) is 63.2 Å². The maximum Gasteiger partial charge on any atom is 0.276 e. The summed E-state index contributed by atoms with van der Waals surface area (Å²) in [6.07, 6.45) is -5.90. The number of methoxy groups -OCH3 is 1. The number of sulfonamides is 1. The number of hydrogen-bond acceptors (Lipinski definition) is 17. The number of aliphatic hydroxyl groups excluding tert-OH is 2. The van der Waals surface area contributed by atoms with E-state index >= 15 is 0 Å². The van der Waals surface area contributed by atoms with E-state index in [0.717, 1.165) is 0 Å². The average molecular weight is 904 g/mol. The number of nitrogens with one attached hydrogen (secondary N) is 1. The van der Waals surface area contributed by atoms with Gasteiger partial charge >= 0.3 is 0 Å². The molecule has 18 nitrogen and oxygen atoms in total. The first kappa shape index (κ1) is 45.0. The minimum Gasteiger partial charge on any atom is -0.508 e. The van der Waals surface area contributed by atoms with Gasteiger partial charge in [0.1, 0.15) is 28.6 Å². The molecule has 6 atom stereocenters. The van der Waals surface area contributed by atoms with Crippen molar-refractivity contribution in [2.45, 2.75) is 67.3 Å². The highest BCUT2D eigenvalue weighted by molar-refractivity contribution is 7.89. The third kappa shape index (κ3) is 8.09. The van der Waals surface area contributed by atoms with E-state index in [2.05, 4.69) is 20.2 Å². The van der Waals surface area contributed by atoms with Gasteiger partial charge in [-0.25, -0.2) is 0 Å². The summed E-state index contributed by atoms with van der Waals surface area (Å²) in [5, 5.41) is 80.8. The van der Waals surface area contributed by atoms with Gasteiger partial charge in [-0.1, -0.05) is 36.4 Å². The Bertz CT molecular complexity index is 2810. The molecule has 0 spiro atoms. The third-order valence-corrected chi connectivity index (χ3v) is 12.5. The van der Waals surface area contributed by atoms with Gasteiger partial charge < -0.3 is 50.6 Å². The highest BCUT2D eigenvalue weighted by atomic mass is 35.5. The Hall–Kier alpha value is -6.03. The van der Waals surface area contributed by atoms with Gasteiger partial charge in [0.15, 0.2) is 12.1 Å². The number of benzene rings is 5. The topological polar surface area (TPSA) is 292 Å². The van der Waals surface area contributed by atoms with Crippen molar-refractivity contribution in [1.29, 1.82) is 0 Å². The quantitative estimate of drug-likeness (QED) is 0.0408. The van der Waals surface area contributed by atoms with Crippen LogP contribution in [0.15, 0.2) is 99.1 Å². The number of aromatic hydroxyl groups is 3. The Balaban J connectivity index is 0.00000595. The second-order valence-electron chi connectivity index (χ2n) is 15.3. The molecule has 63 heavy (non-hydrogen) atoms. The van der Waals surface area contributed by atoms with Gasteiger partial charge in [-0.15, -0.1) is 17.5 Å². The van der Waals surface area contributed by atoms with Gasteiger partial charge in [0.25, 0.3) is 10.0 Å². The second kappa shape index (κ2) is 17.3. The lowest BCUT2D eigenvalue weighted by molar-refractivity contribution is -0.245. The van der Waals surface area contributed by atoms with Gasteiger partial charge in [0.05, 0.1) is 70.7 Å². The normalized spacial score (nSPS) is 23.5. The first-order valence-corrected chi connectivity index (χ1v) is 20.8. The van der Waals surface area contributed by atoms with Crippen LogP contribution in [0.4, 0.5) is 11.4 Å². The van der Waals surface area contributed by atoms with E-state index in [1.807, 2.05) is 0 Å². The molecule has 0 bridgehead atoms. The molecule has 0 saturated carbocycles. The van der Waals surface area contributed by atoms with E-state index < -0.39 is 106 Å². The Kier molecular flexibility index (Phi) is 12.3. The molecule has 5 aromatic carbocycles. The molecule has 0 aromatic heterocycles. The number of hydrogen-bond donors (Lipinski definition) is 8. The monoisotopic (exact) mass is 903 g/mol. The zero-order valence-corrected chi connectivity index (χ0v) is 35.1. The first-order valence-electron chi connectivity index (χ1n) is 19.3. The fraction of sp³-hybridized carbons (Fsp3) is 0.279. The molecule has 5 aromatic rings. The molecule has 1 fully saturated rings. The average Bonchev–Trinajstić information content (AvgIpc) is 3.25. The molecule has 1 saturated heterocycles. The van der Waals surface area contributed by atoms with Gasteiger partial charge in [0, 0.05) is 47.4 Å². The number of carbonyl (C=O) groups is 2. The van der Waals surface area contributed by atoms with E-state index in [9.17, 15) is 48.6 Å². The lowest BCUT2D eigenvalue weighted by Crippen LogP contribution is -2.53. The Morgan fingerprint density at radius 3 is 2.38 bits per heavy atom. The minimum absolute atomic E-state index is 0. The number of nitrogens with zero attached hydrogens (tertiary/aromatic N) is 3. The van der Waals surface area contributed by atoms with Crippen molar-refractivity contribution >= 4 is 61.9 Å². The van der Waals surface area contributed by atoms with Crippen LogP contribution in [0, 0.1) is 0 Å². The summed E-state index contributed by atoms with van der Waals surface area (Å²) < 4.78 is 45.4. The number of fused-ring (bicyclic) bond motifs is 4. The molecule has 8 rings (SSSR count). The van der Waals surface area contributed by atoms with Crippen molar-refractivity contribution in [1.82, 2.24) is 4.83 Å². The number of phenolic OH excluding ortho intramolecular Hbond substituents is 3. The molecular formula is C43H42ClN5O13S. The number of ether oxygens (including phenoxy) is 3. The van der Waals surface area contributed by atoms with Gasteiger partial charge in [-0.2, -0.15) is 23.5 Å². The van der Waals surface area contributed by atoms with Gasteiger partial charge in [0.2, 0.25) is 5.78 Å². The molecule has 0 amide bonds. The highest BCUT2D eigenvalue weighted by Gasteiger charge is 2.49. The molecular weight excluding hydrogens is 862 g/mol. The van der Waals surface area contributed by atoms with Crippen molar-refractivity contribution in [2.24, 2.45) is 21.1 Å². The molecule has 1 aliphatic heterocycles. The first-order chi connectivity index (χ1) is 29.5. The molecule has 0 radical (unpaired) electrons. The van der Waals surface area contributed by atoms with Crippen LogP contribution < -0.4 is 15.3 Å². The number of phenols is 3. The zero-order valence-electron chi connectivity index (χ0n) is 33.5. The molecule has 20 heteroatoms. The van der Waals surface area contributed by atoms with Crippen molar-refractivity contribution in [2.75, 3.05) is 13.7 Å². The smallest absolute Gasteiger partial charge is 0.276 e. The Labute approximate surface area is 365 Å². The fourth-order valence-corrected chi connectivity index (χ4v) is 9.09. The summed E-state index contributed by atoms with van der Waals surface area (Å²) in [6, 6.07) is 18.8. The molecule has 3 aliphatic rings. The largest absolute Gasteiger partial charge is 0.508 e. The van der Waals surface area contributed by atoms with Crippen molar-refractivity contribution in [3.63, 3.8) is 0 Å². The maximum absolute atomic E-state index is 14.1. The minimum atomic E-state index is -4.62. The number of aliphatic hydroxyl groups is 3. The highest BCUT2D eigenvalue weighted by Crippen LogP contribution is 2.53. The summed E-state index contributed by atoms with van der Waals surface area (Å²) in [5.74, 6) is -3.25. The summed E-state index contributed by atoms with van der Waals surface area (Å²) in [7, 11) is -3.32. The number of nitrogens with two attached hydrogens (primary N) is 1. The van der Waals surface area contributed by atoms with Crippen molar-refractivity contribution in [3.8, 4) is 23.0 Å². The van der Waals surface area contributed by atoms with Crippen LogP contribution in [0.5, 0.6) is 23.0 Å². The standard InChI is InChI=1S/C43H41N5O13S.ClH/c1-20-38(51)28(44)16-33(60-20)61-31-18-43(56,17-27-35(31)42(55)37-36(40(27)53)39(52)25-9-6-10-30(59-2)34(25)41(37)54)32(19-49)47-48-62(57,58)24-13-21-11-12-23(50)14-26(21)29(15-24)46-45-22-7-4-3-5-8-22;/h3-15,20,28,31,33,38,48-51,53,55-56H,16-19,44H2,1-2H3;1H/b46-45?,47-32+;/t20?,28-,31+,33+,38-,43-;/m1./s1. The maximum atomic E-state index is 14.1. The predicted molar refractivity (Wildman–Crippen MR) is 228 cm³/mol. The summed E-state index contributed by atoms with van der Waals surface area (Å²) in [5.41, 5.74) is 1.97. The molecule has 9 N–H and O–H groups in total. The molecule has 2 aliphatic carbocycles. The molecule has 1 heterocycles. The van der Waals surface area contributed by atoms with Gasteiger partial charge in [-0.3, -0.25) is 9.59 Å². The van der Waals surface area contributed by atoms with Crippen LogP contribution in [-0.4, -0.2) is 100 Å². The number of rotatable bonds is 10. The lowest BCUT2D eigenvalue weighted by Gasteiger charge is -2.43. The third-order valence-electron chi connectivity index (χ3n) is 11.4. The zero-order chi connectivity index (χ0) is 44.2. The number of hydrazone groups is 1. The molecule has 1 unspecified atom stereocenters. The van der Waals surface area contributed by atoms with Crippen LogP contribution >= 0.6 is 12.4 Å². The summed E-state index contributed by atoms with van der Waals surface area (Å²) in [4.78, 5) is 29.8. The SMILES string of the molecule is COc1cccc2c1C(=O)c1c(O)c3c(c(O)c1C2=O)C[C@](O)(/C(CO)=N/NS(=O)(=O)c1cc(N=Nc2ccccc2)c2cc(O)ccc2c1)C[C@@H]3O[C@H]1C[C@@H](N)[C@H](O)C(C)O1.Cl. The van der Waals surface area contributed by atoms with Crippen LogP contribution in [0.3, 0.4) is 0 Å². The van der Waals surface area contributed by atoms with E-state index in [1.54, 1.807) is 37.3 Å². The number of carbonyl (C=O) groups excluding carboxylic acids is 2. The number of halogens is 1. The summed E-state index contributed by atoms with van der Waals surface area (Å²) >= 11 is 0. The Morgan fingerprint density at radius 1 is 0.952 bits per heavy atom. The number of ketones is 2. The lowest BCUT2D eigenvalue weighted by atomic mass is 9.71. The van der Waals surface area contributed by atoms with E-state index in [0.29, 0.717) is 16.5 Å². The van der Waals surface area contributed by atoms with Crippen LogP contribution in [0.2, 0.25) is 0 Å². The van der Waals surface area contributed by atoms with Crippen LogP contribution in [0.25, 0.3) is 10.8 Å². The second-order valence-corrected chi connectivity index (χ2v) is 16.9. The Morgan fingerprint density at radius 2 is 1.68 bits per heavy atom. The summed E-state index contributed by atoms with van der Waals surface area (Å²) in [6.45, 7) is 0.502.